The number of hydrogen-bond acceptors (Lipinski definition) is 3. The molecule has 78 valence electrons. The third-order valence-corrected chi connectivity index (χ3v) is 3.64. The number of rotatable bonds is 5. The highest BCUT2D eigenvalue weighted by molar-refractivity contribution is 6.72. The minimum absolute atomic E-state index is 0.407. The summed E-state index contributed by atoms with van der Waals surface area (Å²) < 4.78 is 5.11. The van der Waals surface area contributed by atoms with Crippen LogP contribution in [0.5, 0.6) is 0 Å². The largest absolute Gasteiger partial charge is 0.531 e. The Bertz CT molecular complexity index is 261. The van der Waals surface area contributed by atoms with E-state index in [-0.39, 0.29) is 0 Å². The first-order valence-electron chi connectivity index (χ1n) is 4.81. The summed E-state index contributed by atoms with van der Waals surface area (Å²) in [6.45, 7) is 2.44. The van der Waals surface area contributed by atoms with Gasteiger partial charge in [-0.2, -0.15) is 0 Å². The smallest absolute Gasteiger partial charge is 0.386 e. The zero-order valence-corrected chi connectivity index (χ0v) is 9.31. The van der Waals surface area contributed by atoms with E-state index in [1.165, 1.54) is 0 Å². The Kier molecular flexibility index (Phi) is 4.28. The fourth-order valence-corrected chi connectivity index (χ4v) is 2.32. The summed E-state index contributed by atoms with van der Waals surface area (Å²) in [7, 11) is -3.62. The zero-order valence-electron chi connectivity index (χ0n) is 8.31. The van der Waals surface area contributed by atoms with Gasteiger partial charge >= 0.3 is 8.80 Å². The molecule has 0 aliphatic carbocycles. The van der Waals surface area contributed by atoms with Crippen LogP contribution in [0.15, 0.2) is 30.3 Å². The second-order valence-electron chi connectivity index (χ2n) is 3.18. The molecule has 2 N–H and O–H groups in total. The molecule has 0 fully saturated rings. The Morgan fingerprint density at radius 2 is 1.86 bits per heavy atom. The molecule has 0 spiro atoms. The van der Waals surface area contributed by atoms with E-state index < -0.39 is 8.80 Å². The summed E-state index contributed by atoms with van der Waals surface area (Å²) in [5.41, 5.74) is 0. The topological polar surface area (TPSA) is 49.7 Å². The maximum atomic E-state index is 9.68. The van der Waals surface area contributed by atoms with Crippen LogP contribution in [0.25, 0.3) is 0 Å². The summed E-state index contributed by atoms with van der Waals surface area (Å²) in [6.07, 6.45) is 1.84. The highest BCUT2D eigenvalue weighted by Crippen LogP contribution is 2.00. The van der Waals surface area contributed by atoms with Crippen LogP contribution in [-0.4, -0.2) is 25.0 Å². The molecule has 0 heterocycles. The molecule has 0 atom stereocenters. The lowest BCUT2D eigenvalue weighted by atomic mass is 10.4. The molecule has 0 aromatic heterocycles. The van der Waals surface area contributed by atoms with E-state index in [4.69, 9.17) is 4.43 Å². The van der Waals surface area contributed by atoms with Crippen molar-refractivity contribution in [2.45, 2.75) is 19.8 Å². The van der Waals surface area contributed by atoms with Crippen LogP contribution in [0.2, 0.25) is 0 Å². The SMILES string of the molecule is CCCCO[Si](O)(O)c1ccccc1. The number of unbranched alkanes of at least 4 members (excludes halogenated alkanes) is 1. The predicted octanol–water partition coefficient (Wildman–Crippen LogP) is 0.634. The molecule has 0 radical (unpaired) electrons. The normalized spacial score (nSPS) is 11.6. The predicted molar refractivity (Wildman–Crippen MR) is 57.1 cm³/mol. The van der Waals surface area contributed by atoms with Gasteiger partial charge in [-0.3, -0.25) is 0 Å². The molecule has 0 unspecified atom stereocenters. The van der Waals surface area contributed by atoms with Gasteiger partial charge in [-0.1, -0.05) is 43.7 Å². The van der Waals surface area contributed by atoms with Crippen LogP contribution in [0, 0.1) is 0 Å². The minimum Gasteiger partial charge on any atom is -0.386 e. The van der Waals surface area contributed by atoms with Crippen molar-refractivity contribution < 1.29 is 14.0 Å². The molecule has 0 amide bonds. The monoisotopic (exact) mass is 212 g/mol. The van der Waals surface area contributed by atoms with Crippen LogP contribution in [0.3, 0.4) is 0 Å². The first kappa shape index (κ1) is 11.4. The Balaban J connectivity index is 2.56. The van der Waals surface area contributed by atoms with Crippen molar-refractivity contribution in [3.8, 4) is 0 Å². The third-order valence-electron chi connectivity index (χ3n) is 1.95. The summed E-state index contributed by atoms with van der Waals surface area (Å²) >= 11 is 0. The van der Waals surface area contributed by atoms with Gasteiger partial charge in [-0.05, 0) is 6.42 Å². The van der Waals surface area contributed by atoms with Crippen molar-refractivity contribution in [1.82, 2.24) is 0 Å². The molecule has 0 bridgehead atoms. The van der Waals surface area contributed by atoms with Crippen molar-refractivity contribution in [2.24, 2.45) is 0 Å². The highest BCUT2D eigenvalue weighted by atomic mass is 28.4. The quantitative estimate of drug-likeness (QED) is 0.556. The van der Waals surface area contributed by atoms with E-state index in [0.29, 0.717) is 11.8 Å². The van der Waals surface area contributed by atoms with Crippen molar-refractivity contribution in [3.63, 3.8) is 0 Å². The van der Waals surface area contributed by atoms with Gasteiger partial charge in [0.05, 0.1) is 0 Å². The lowest BCUT2D eigenvalue weighted by Crippen LogP contribution is -2.51. The van der Waals surface area contributed by atoms with E-state index in [1.54, 1.807) is 24.3 Å². The zero-order chi connectivity index (χ0) is 10.4. The molecule has 0 aliphatic rings. The van der Waals surface area contributed by atoms with Crippen molar-refractivity contribution >= 4 is 14.0 Å². The average molecular weight is 212 g/mol. The Labute approximate surface area is 85.3 Å². The Hall–Kier alpha value is -0.683. The molecule has 0 saturated carbocycles. The third kappa shape index (κ3) is 3.23. The van der Waals surface area contributed by atoms with Crippen LogP contribution in [0.1, 0.15) is 19.8 Å². The second kappa shape index (κ2) is 5.26. The van der Waals surface area contributed by atoms with Gasteiger partial charge in [0.25, 0.3) is 0 Å². The lowest BCUT2D eigenvalue weighted by Gasteiger charge is -2.17. The maximum Gasteiger partial charge on any atom is 0.531 e. The van der Waals surface area contributed by atoms with Crippen LogP contribution >= 0.6 is 0 Å². The van der Waals surface area contributed by atoms with E-state index in [9.17, 15) is 9.59 Å². The van der Waals surface area contributed by atoms with E-state index in [2.05, 4.69) is 0 Å². The Morgan fingerprint density at radius 3 is 2.43 bits per heavy atom. The minimum atomic E-state index is -3.62. The lowest BCUT2D eigenvalue weighted by molar-refractivity contribution is 0.161. The summed E-state index contributed by atoms with van der Waals surface area (Å²) in [4.78, 5) is 19.4. The fourth-order valence-electron chi connectivity index (χ4n) is 1.10. The number of benzene rings is 1. The van der Waals surface area contributed by atoms with Crippen molar-refractivity contribution in [3.05, 3.63) is 30.3 Å². The second-order valence-corrected chi connectivity index (χ2v) is 5.26. The van der Waals surface area contributed by atoms with Gasteiger partial charge in [0.15, 0.2) is 0 Å². The fraction of sp³-hybridized carbons (Fsp3) is 0.400. The van der Waals surface area contributed by atoms with Crippen molar-refractivity contribution in [2.75, 3.05) is 6.61 Å². The van der Waals surface area contributed by atoms with Crippen LogP contribution in [0.4, 0.5) is 0 Å². The molecule has 1 rings (SSSR count). The van der Waals surface area contributed by atoms with E-state index in [0.717, 1.165) is 12.8 Å². The van der Waals surface area contributed by atoms with Gasteiger partial charge < -0.3 is 14.0 Å². The first-order chi connectivity index (χ1) is 6.67. The Morgan fingerprint density at radius 1 is 1.21 bits per heavy atom. The molecule has 14 heavy (non-hydrogen) atoms. The molecule has 1 aromatic carbocycles. The van der Waals surface area contributed by atoms with Gasteiger partial charge in [-0.15, -0.1) is 0 Å². The summed E-state index contributed by atoms with van der Waals surface area (Å²) in [5, 5.41) is 0.496. The molecule has 4 heteroatoms. The summed E-state index contributed by atoms with van der Waals surface area (Å²) in [6, 6.07) is 8.73. The standard InChI is InChI=1S/C10H16O3Si/c1-2-3-9-13-14(11,12)10-7-5-4-6-8-10/h4-8,11-12H,2-3,9H2,1H3. The molecule has 1 aromatic rings. The van der Waals surface area contributed by atoms with Crippen molar-refractivity contribution in [1.29, 1.82) is 0 Å². The van der Waals surface area contributed by atoms with Crippen LogP contribution in [-0.2, 0) is 4.43 Å². The molecule has 0 saturated heterocycles. The van der Waals surface area contributed by atoms with Crippen LogP contribution < -0.4 is 5.19 Å². The molecular weight excluding hydrogens is 196 g/mol. The molecule has 0 aliphatic heterocycles. The van der Waals surface area contributed by atoms with E-state index in [1.807, 2.05) is 13.0 Å². The van der Waals surface area contributed by atoms with Gasteiger partial charge in [0.2, 0.25) is 0 Å². The van der Waals surface area contributed by atoms with E-state index >= 15 is 0 Å². The number of hydrogen-bond donors (Lipinski definition) is 2. The summed E-state index contributed by atoms with van der Waals surface area (Å²) in [5.74, 6) is 0. The average Bonchev–Trinajstić information content (AvgIpc) is 2.19. The van der Waals surface area contributed by atoms with Gasteiger partial charge in [0, 0.05) is 11.8 Å². The first-order valence-corrected chi connectivity index (χ1v) is 6.61. The van der Waals surface area contributed by atoms with Gasteiger partial charge in [-0.25, -0.2) is 0 Å². The van der Waals surface area contributed by atoms with Gasteiger partial charge in [0.1, 0.15) is 0 Å². The maximum absolute atomic E-state index is 9.68. The molecular formula is C10H16O3Si. The molecule has 3 nitrogen and oxygen atoms in total. The highest BCUT2D eigenvalue weighted by Gasteiger charge is 2.34.